The van der Waals surface area contributed by atoms with Crippen molar-refractivity contribution in [1.29, 1.82) is 0 Å². The van der Waals surface area contributed by atoms with Gasteiger partial charge in [-0.3, -0.25) is 0 Å². The molecule has 14 heavy (non-hydrogen) atoms. The van der Waals surface area contributed by atoms with E-state index in [4.69, 9.17) is 10.8 Å². The monoisotopic (exact) mass is 194 g/mol. The van der Waals surface area contributed by atoms with Gasteiger partial charge in [0.15, 0.2) is 0 Å². The van der Waals surface area contributed by atoms with Crippen molar-refractivity contribution in [3.05, 3.63) is 24.3 Å². The Morgan fingerprint density at radius 1 is 1.50 bits per heavy atom. The summed E-state index contributed by atoms with van der Waals surface area (Å²) in [5.41, 5.74) is 7.05. The van der Waals surface area contributed by atoms with Gasteiger partial charge in [0.05, 0.1) is 11.4 Å². The van der Waals surface area contributed by atoms with E-state index in [-0.39, 0.29) is 0 Å². The molecule has 0 aromatic heterocycles. The van der Waals surface area contributed by atoms with E-state index in [0.29, 0.717) is 5.69 Å². The molecule has 4 heteroatoms. The molecule has 0 spiro atoms. The second-order valence-electron chi connectivity index (χ2n) is 3.18. The first-order chi connectivity index (χ1) is 6.54. The molecule has 1 atom stereocenters. The van der Waals surface area contributed by atoms with Gasteiger partial charge in [0.1, 0.15) is 6.04 Å². The van der Waals surface area contributed by atoms with Gasteiger partial charge >= 0.3 is 5.97 Å². The minimum Gasteiger partial charge on any atom is -0.480 e. The summed E-state index contributed by atoms with van der Waals surface area (Å²) in [6.45, 7) is 1.62. The Morgan fingerprint density at radius 3 is 2.57 bits per heavy atom. The van der Waals surface area contributed by atoms with E-state index in [2.05, 4.69) is 0 Å². The molecule has 1 rings (SSSR count). The maximum absolute atomic E-state index is 10.7. The van der Waals surface area contributed by atoms with E-state index in [1.165, 1.54) is 0 Å². The van der Waals surface area contributed by atoms with Gasteiger partial charge in [-0.15, -0.1) is 0 Å². The molecular formula is C10H14N2O2. The lowest BCUT2D eigenvalue weighted by Crippen LogP contribution is -2.36. The first-order valence-electron chi connectivity index (χ1n) is 4.34. The third kappa shape index (κ3) is 1.96. The Hall–Kier alpha value is -1.71. The number of rotatable bonds is 3. The first-order valence-corrected chi connectivity index (χ1v) is 4.34. The van der Waals surface area contributed by atoms with Crippen molar-refractivity contribution < 1.29 is 9.90 Å². The van der Waals surface area contributed by atoms with Crippen LogP contribution in [0.15, 0.2) is 24.3 Å². The molecule has 0 amide bonds. The van der Waals surface area contributed by atoms with Crippen LogP contribution in [0.25, 0.3) is 0 Å². The predicted molar refractivity (Wildman–Crippen MR) is 56.4 cm³/mol. The lowest BCUT2D eigenvalue weighted by atomic mass is 10.2. The molecule has 1 aromatic carbocycles. The number of carboxylic acid groups (broad SMARTS) is 1. The highest BCUT2D eigenvalue weighted by molar-refractivity contribution is 5.80. The molecule has 1 unspecified atom stereocenters. The molecule has 76 valence electrons. The molecule has 0 aliphatic carbocycles. The number of para-hydroxylation sites is 2. The second kappa shape index (κ2) is 4.00. The van der Waals surface area contributed by atoms with Crippen LogP contribution in [-0.4, -0.2) is 24.2 Å². The zero-order chi connectivity index (χ0) is 10.7. The third-order valence-electron chi connectivity index (χ3n) is 2.26. The van der Waals surface area contributed by atoms with Crippen LogP contribution in [0, 0.1) is 0 Å². The van der Waals surface area contributed by atoms with E-state index >= 15 is 0 Å². The summed E-state index contributed by atoms with van der Waals surface area (Å²) >= 11 is 0. The van der Waals surface area contributed by atoms with Crippen molar-refractivity contribution in [2.45, 2.75) is 13.0 Å². The molecule has 0 radical (unpaired) electrons. The van der Waals surface area contributed by atoms with Gasteiger partial charge in [0.2, 0.25) is 0 Å². The number of nitrogen functional groups attached to an aromatic ring is 1. The molecule has 1 aromatic rings. The number of aliphatic carboxylic acids is 1. The molecule has 0 aliphatic rings. The summed E-state index contributed by atoms with van der Waals surface area (Å²) in [7, 11) is 1.71. The number of likely N-dealkylation sites (N-methyl/N-ethyl adjacent to an activating group) is 1. The number of carbonyl (C=O) groups is 1. The zero-order valence-electron chi connectivity index (χ0n) is 8.27. The van der Waals surface area contributed by atoms with Crippen molar-refractivity contribution in [3.63, 3.8) is 0 Å². The van der Waals surface area contributed by atoms with Gasteiger partial charge in [0, 0.05) is 7.05 Å². The Morgan fingerprint density at radius 2 is 2.07 bits per heavy atom. The maximum Gasteiger partial charge on any atom is 0.326 e. The van der Waals surface area contributed by atoms with Crippen LogP contribution in [-0.2, 0) is 4.79 Å². The molecule has 0 bridgehead atoms. The summed E-state index contributed by atoms with van der Waals surface area (Å²) in [5.74, 6) is -0.865. The average molecular weight is 194 g/mol. The Kier molecular flexibility index (Phi) is 2.96. The Bertz CT molecular complexity index is 339. The van der Waals surface area contributed by atoms with Crippen LogP contribution < -0.4 is 10.6 Å². The first kappa shape index (κ1) is 10.4. The van der Waals surface area contributed by atoms with Crippen LogP contribution in [0.4, 0.5) is 11.4 Å². The summed E-state index contributed by atoms with van der Waals surface area (Å²) in [5, 5.41) is 8.82. The number of anilines is 2. The number of benzene rings is 1. The van der Waals surface area contributed by atoms with Gasteiger partial charge in [0.25, 0.3) is 0 Å². The number of nitrogens with zero attached hydrogens (tertiary/aromatic N) is 1. The van der Waals surface area contributed by atoms with Crippen molar-refractivity contribution in [1.82, 2.24) is 0 Å². The van der Waals surface area contributed by atoms with Crippen LogP contribution in [0.1, 0.15) is 6.92 Å². The lowest BCUT2D eigenvalue weighted by molar-refractivity contribution is -0.138. The number of nitrogens with two attached hydrogens (primary N) is 1. The molecule has 3 N–H and O–H groups in total. The quantitative estimate of drug-likeness (QED) is 0.709. The highest BCUT2D eigenvalue weighted by Crippen LogP contribution is 2.22. The van der Waals surface area contributed by atoms with E-state index in [9.17, 15) is 4.79 Å². The van der Waals surface area contributed by atoms with E-state index in [1.54, 1.807) is 31.0 Å². The molecule has 0 saturated carbocycles. The fourth-order valence-corrected chi connectivity index (χ4v) is 1.18. The topological polar surface area (TPSA) is 66.6 Å². The smallest absolute Gasteiger partial charge is 0.326 e. The van der Waals surface area contributed by atoms with Crippen LogP contribution >= 0.6 is 0 Å². The minimum atomic E-state index is -0.865. The third-order valence-corrected chi connectivity index (χ3v) is 2.26. The fourth-order valence-electron chi connectivity index (χ4n) is 1.18. The fraction of sp³-hybridized carbons (Fsp3) is 0.300. The van der Waals surface area contributed by atoms with Crippen molar-refractivity contribution in [3.8, 4) is 0 Å². The summed E-state index contributed by atoms with van der Waals surface area (Å²) in [6.07, 6.45) is 0. The van der Waals surface area contributed by atoms with E-state index in [1.807, 2.05) is 12.1 Å². The number of carboxylic acids is 1. The normalized spacial score (nSPS) is 12.1. The van der Waals surface area contributed by atoms with Gasteiger partial charge in [-0.25, -0.2) is 4.79 Å². The second-order valence-corrected chi connectivity index (χ2v) is 3.18. The van der Waals surface area contributed by atoms with Gasteiger partial charge < -0.3 is 15.7 Å². The Labute approximate surface area is 82.9 Å². The number of hydrogen-bond acceptors (Lipinski definition) is 3. The van der Waals surface area contributed by atoms with Crippen LogP contribution in [0.5, 0.6) is 0 Å². The van der Waals surface area contributed by atoms with Gasteiger partial charge in [-0.05, 0) is 19.1 Å². The highest BCUT2D eigenvalue weighted by atomic mass is 16.4. The molecule has 4 nitrogen and oxygen atoms in total. The maximum atomic E-state index is 10.7. The largest absolute Gasteiger partial charge is 0.480 e. The average Bonchev–Trinajstić information content (AvgIpc) is 2.16. The number of hydrogen-bond donors (Lipinski definition) is 2. The molecule has 0 fully saturated rings. The summed E-state index contributed by atoms with van der Waals surface area (Å²) < 4.78 is 0. The molecule has 0 heterocycles. The SMILES string of the molecule is CC(C(=O)O)N(C)c1ccccc1N. The summed E-state index contributed by atoms with van der Waals surface area (Å²) in [4.78, 5) is 12.4. The Balaban J connectivity index is 2.94. The molecular weight excluding hydrogens is 180 g/mol. The minimum absolute atomic E-state index is 0.584. The standard InChI is InChI=1S/C10H14N2O2/c1-7(10(13)14)12(2)9-6-4-3-5-8(9)11/h3-7H,11H2,1-2H3,(H,13,14). The van der Waals surface area contributed by atoms with E-state index in [0.717, 1.165) is 5.69 Å². The van der Waals surface area contributed by atoms with Crippen LogP contribution in [0.3, 0.4) is 0 Å². The van der Waals surface area contributed by atoms with Crippen molar-refractivity contribution in [2.75, 3.05) is 17.7 Å². The van der Waals surface area contributed by atoms with Gasteiger partial charge in [-0.1, -0.05) is 12.1 Å². The van der Waals surface area contributed by atoms with Crippen LogP contribution in [0.2, 0.25) is 0 Å². The molecule has 0 aliphatic heterocycles. The molecule has 0 saturated heterocycles. The van der Waals surface area contributed by atoms with Crippen molar-refractivity contribution >= 4 is 17.3 Å². The zero-order valence-corrected chi connectivity index (χ0v) is 8.27. The van der Waals surface area contributed by atoms with Gasteiger partial charge in [-0.2, -0.15) is 0 Å². The lowest BCUT2D eigenvalue weighted by Gasteiger charge is -2.24. The summed E-state index contributed by atoms with van der Waals surface area (Å²) in [6, 6.07) is 6.61. The van der Waals surface area contributed by atoms with Crippen molar-refractivity contribution in [2.24, 2.45) is 0 Å². The predicted octanol–water partition coefficient (Wildman–Crippen LogP) is 1.18. The van der Waals surface area contributed by atoms with E-state index < -0.39 is 12.0 Å². The highest BCUT2D eigenvalue weighted by Gasteiger charge is 2.18.